The fourth-order valence-corrected chi connectivity index (χ4v) is 3.05. The summed E-state index contributed by atoms with van der Waals surface area (Å²) in [5, 5.41) is 0. The second kappa shape index (κ2) is 6.22. The van der Waals surface area contributed by atoms with Crippen LogP contribution in [0.15, 0.2) is 18.3 Å². The van der Waals surface area contributed by atoms with Crippen molar-refractivity contribution >= 4 is 5.91 Å². The predicted molar refractivity (Wildman–Crippen MR) is 85.8 cm³/mol. The molecule has 0 saturated carbocycles. The zero-order chi connectivity index (χ0) is 15.6. The Morgan fingerprint density at radius 3 is 2.62 bits per heavy atom. The highest BCUT2D eigenvalue weighted by atomic mass is 16.2. The van der Waals surface area contributed by atoms with E-state index in [-0.39, 0.29) is 17.4 Å². The first-order valence-electron chi connectivity index (χ1n) is 7.99. The van der Waals surface area contributed by atoms with Gasteiger partial charge in [-0.25, -0.2) is 0 Å². The van der Waals surface area contributed by atoms with Gasteiger partial charge in [-0.2, -0.15) is 0 Å². The number of carbonyl (C=O) groups excluding carboxylic acids is 1. The van der Waals surface area contributed by atoms with Crippen molar-refractivity contribution in [1.82, 2.24) is 9.47 Å². The van der Waals surface area contributed by atoms with E-state index < -0.39 is 6.04 Å². The number of likely N-dealkylation sites (tertiary alicyclic amines) is 1. The van der Waals surface area contributed by atoms with Gasteiger partial charge in [0.05, 0.1) is 12.1 Å². The topological polar surface area (TPSA) is 51.3 Å². The van der Waals surface area contributed by atoms with Crippen molar-refractivity contribution < 1.29 is 4.79 Å². The number of aryl methyl sites for hydroxylation is 1. The molecular weight excluding hydrogens is 262 g/mol. The maximum absolute atomic E-state index is 12.9. The summed E-state index contributed by atoms with van der Waals surface area (Å²) in [6.07, 6.45) is 6.51. The molecule has 2 atom stereocenters. The molecule has 1 aromatic heterocycles. The zero-order valence-electron chi connectivity index (χ0n) is 13.8. The summed E-state index contributed by atoms with van der Waals surface area (Å²) in [4.78, 5) is 14.9. The second-order valence-electron chi connectivity index (χ2n) is 7.28. The van der Waals surface area contributed by atoms with Crippen LogP contribution in [0.1, 0.15) is 58.2 Å². The van der Waals surface area contributed by atoms with Gasteiger partial charge in [0.15, 0.2) is 0 Å². The first-order chi connectivity index (χ1) is 9.82. The van der Waals surface area contributed by atoms with Crippen molar-refractivity contribution in [3.8, 4) is 0 Å². The normalized spacial score (nSPS) is 22.0. The van der Waals surface area contributed by atoms with Gasteiger partial charge in [-0.1, -0.05) is 33.6 Å². The number of hydrogen-bond donors (Lipinski definition) is 1. The van der Waals surface area contributed by atoms with Crippen LogP contribution >= 0.6 is 0 Å². The SMILES string of the molecule is Cn1cccc1C1CCCCCN1C(=O)C(N)C(C)(C)C. The van der Waals surface area contributed by atoms with Crippen LogP contribution in [0.2, 0.25) is 0 Å². The molecular formula is C17H29N3O. The van der Waals surface area contributed by atoms with Crippen molar-refractivity contribution in [1.29, 1.82) is 0 Å². The van der Waals surface area contributed by atoms with Gasteiger partial charge in [-0.05, 0) is 30.4 Å². The Hall–Kier alpha value is -1.29. The lowest BCUT2D eigenvalue weighted by Gasteiger charge is -2.36. The average Bonchev–Trinajstić information content (AvgIpc) is 2.70. The van der Waals surface area contributed by atoms with Gasteiger partial charge in [0.1, 0.15) is 0 Å². The van der Waals surface area contributed by atoms with Crippen LogP contribution in [-0.4, -0.2) is 28.0 Å². The van der Waals surface area contributed by atoms with E-state index in [0.717, 1.165) is 19.4 Å². The molecule has 1 amide bonds. The minimum Gasteiger partial charge on any atom is -0.353 e. The molecule has 0 spiro atoms. The summed E-state index contributed by atoms with van der Waals surface area (Å²) in [6, 6.07) is 3.89. The van der Waals surface area contributed by atoms with E-state index in [9.17, 15) is 4.79 Å². The van der Waals surface area contributed by atoms with Crippen molar-refractivity contribution in [2.45, 2.75) is 58.5 Å². The number of aromatic nitrogens is 1. The molecule has 0 aromatic carbocycles. The van der Waals surface area contributed by atoms with Crippen LogP contribution in [0.25, 0.3) is 0 Å². The van der Waals surface area contributed by atoms with Gasteiger partial charge >= 0.3 is 0 Å². The third kappa shape index (κ3) is 3.49. The number of nitrogens with two attached hydrogens (primary N) is 1. The van der Waals surface area contributed by atoms with Gasteiger partial charge in [0.25, 0.3) is 0 Å². The molecule has 0 aliphatic carbocycles. The van der Waals surface area contributed by atoms with Crippen LogP contribution in [0.4, 0.5) is 0 Å². The van der Waals surface area contributed by atoms with E-state index in [1.807, 2.05) is 45.0 Å². The van der Waals surface area contributed by atoms with Gasteiger partial charge in [0.2, 0.25) is 5.91 Å². The van der Waals surface area contributed by atoms with E-state index in [4.69, 9.17) is 5.73 Å². The largest absolute Gasteiger partial charge is 0.353 e. The van der Waals surface area contributed by atoms with Crippen molar-refractivity contribution in [3.05, 3.63) is 24.0 Å². The van der Waals surface area contributed by atoms with Crippen molar-refractivity contribution in [2.24, 2.45) is 18.2 Å². The Morgan fingerprint density at radius 1 is 1.33 bits per heavy atom. The maximum atomic E-state index is 12.9. The third-order valence-electron chi connectivity index (χ3n) is 4.56. The zero-order valence-corrected chi connectivity index (χ0v) is 13.8. The fourth-order valence-electron chi connectivity index (χ4n) is 3.05. The monoisotopic (exact) mass is 291 g/mol. The fraction of sp³-hybridized carbons (Fsp3) is 0.706. The molecule has 1 aromatic rings. The molecule has 2 unspecified atom stereocenters. The average molecular weight is 291 g/mol. The summed E-state index contributed by atoms with van der Waals surface area (Å²) in [5.74, 6) is 0.0931. The summed E-state index contributed by atoms with van der Waals surface area (Å²) in [7, 11) is 2.05. The first kappa shape index (κ1) is 16.1. The lowest BCUT2D eigenvalue weighted by molar-refractivity contribution is -0.137. The Balaban J connectivity index is 2.28. The Labute approximate surface area is 128 Å². The Kier molecular flexibility index (Phi) is 4.77. The van der Waals surface area contributed by atoms with Crippen LogP contribution in [0.5, 0.6) is 0 Å². The standard InChI is InChI=1S/C17H29N3O/c1-17(2,3)15(18)16(21)20-12-7-5-6-9-14(20)13-10-8-11-19(13)4/h8,10-11,14-15H,5-7,9,12,18H2,1-4H3. The highest BCUT2D eigenvalue weighted by Gasteiger charge is 2.35. The number of carbonyl (C=O) groups is 1. The summed E-state index contributed by atoms with van der Waals surface area (Å²) >= 11 is 0. The molecule has 2 heterocycles. The molecule has 0 radical (unpaired) electrons. The summed E-state index contributed by atoms with van der Waals surface area (Å²) in [6.45, 7) is 6.92. The molecule has 4 heteroatoms. The van der Waals surface area contributed by atoms with Crippen LogP contribution < -0.4 is 5.73 Å². The molecule has 4 nitrogen and oxygen atoms in total. The molecule has 2 rings (SSSR count). The van der Waals surface area contributed by atoms with E-state index in [2.05, 4.69) is 10.6 Å². The van der Waals surface area contributed by atoms with Crippen molar-refractivity contribution in [3.63, 3.8) is 0 Å². The maximum Gasteiger partial charge on any atom is 0.240 e. The smallest absolute Gasteiger partial charge is 0.240 e. The van der Waals surface area contributed by atoms with E-state index in [0.29, 0.717) is 0 Å². The van der Waals surface area contributed by atoms with Gasteiger partial charge < -0.3 is 15.2 Å². The second-order valence-corrected chi connectivity index (χ2v) is 7.28. The van der Waals surface area contributed by atoms with Crippen molar-refractivity contribution in [2.75, 3.05) is 6.54 Å². The van der Waals surface area contributed by atoms with Crippen LogP contribution in [-0.2, 0) is 11.8 Å². The minimum absolute atomic E-state index is 0.0931. The highest BCUT2D eigenvalue weighted by Crippen LogP contribution is 2.32. The number of rotatable bonds is 2. The molecule has 118 valence electrons. The third-order valence-corrected chi connectivity index (χ3v) is 4.56. The van der Waals surface area contributed by atoms with Gasteiger partial charge in [0, 0.05) is 25.5 Å². The number of amides is 1. The van der Waals surface area contributed by atoms with E-state index in [1.165, 1.54) is 18.5 Å². The summed E-state index contributed by atoms with van der Waals surface area (Å²) in [5.41, 5.74) is 7.24. The predicted octanol–water partition coefficient (Wildman–Crippen LogP) is 2.84. The Morgan fingerprint density at radius 2 is 2.05 bits per heavy atom. The molecule has 2 N–H and O–H groups in total. The van der Waals surface area contributed by atoms with Crippen LogP contribution in [0, 0.1) is 5.41 Å². The Bertz CT molecular complexity index is 486. The molecule has 21 heavy (non-hydrogen) atoms. The lowest BCUT2D eigenvalue weighted by atomic mass is 9.86. The molecule has 1 aliphatic heterocycles. The molecule has 1 saturated heterocycles. The van der Waals surface area contributed by atoms with Gasteiger partial charge in [-0.15, -0.1) is 0 Å². The van der Waals surface area contributed by atoms with Crippen LogP contribution in [0.3, 0.4) is 0 Å². The van der Waals surface area contributed by atoms with E-state index >= 15 is 0 Å². The van der Waals surface area contributed by atoms with E-state index in [1.54, 1.807) is 0 Å². The number of hydrogen-bond acceptors (Lipinski definition) is 2. The lowest BCUT2D eigenvalue weighted by Crippen LogP contribution is -2.51. The summed E-state index contributed by atoms with van der Waals surface area (Å²) < 4.78 is 2.12. The van der Waals surface area contributed by atoms with Gasteiger partial charge in [-0.3, -0.25) is 4.79 Å². The minimum atomic E-state index is -0.446. The highest BCUT2D eigenvalue weighted by molar-refractivity contribution is 5.83. The molecule has 0 bridgehead atoms. The first-order valence-corrected chi connectivity index (χ1v) is 7.99. The molecule has 1 aliphatic rings. The quantitative estimate of drug-likeness (QED) is 0.911. The molecule has 1 fully saturated rings. The number of nitrogens with zero attached hydrogens (tertiary/aromatic N) is 2.